The first-order chi connectivity index (χ1) is 12.5. The van der Waals surface area contributed by atoms with Crippen molar-refractivity contribution in [1.82, 2.24) is 0 Å². The maximum Gasteiger partial charge on any atom is 0.255 e. The number of carbonyl (C=O) groups excluding carboxylic acids is 2. The Labute approximate surface area is 156 Å². The van der Waals surface area contributed by atoms with Gasteiger partial charge in [0, 0.05) is 22.9 Å². The van der Waals surface area contributed by atoms with Crippen molar-refractivity contribution >= 4 is 34.8 Å². The zero-order valence-corrected chi connectivity index (χ0v) is 15.2. The first-order valence-corrected chi connectivity index (χ1v) is 8.53. The van der Waals surface area contributed by atoms with Crippen molar-refractivity contribution in [2.45, 2.75) is 12.8 Å². The molecular formula is C19H19ClN2O4. The molecule has 2 N–H and O–H groups in total. The molecule has 2 aromatic rings. The van der Waals surface area contributed by atoms with Crippen molar-refractivity contribution in [3.63, 3.8) is 0 Å². The minimum atomic E-state index is -0.331. The summed E-state index contributed by atoms with van der Waals surface area (Å²) in [7, 11) is 2.96. The Kier molecular flexibility index (Phi) is 5.32. The fourth-order valence-corrected chi connectivity index (χ4v) is 2.77. The van der Waals surface area contributed by atoms with E-state index in [2.05, 4.69) is 10.6 Å². The summed E-state index contributed by atoms with van der Waals surface area (Å²) in [5, 5.41) is 5.92. The van der Waals surface area contributed by atoms with E-state index in [9.17, 15) is 9.59 Å². The molecular weight excluding hydrogens is 356 g/mol. The van der Waals surface area contributed by atoms with Crippen LogP contribution in [0.4, 0.5) is 11.4 Å². The zero-order chi connectivity index (χ0) is 18.7. The lowest BCUT2D eigenvalue weighted by atomic mass is 10.1. The van der Waals surface area contributed by atoms with Crippen LogP contribution in [-0.4, -0.2) is 26.0 Å². The lowest BCUT2D eigenvalue weighted by molar-refractivity contribution is -0.117. The van der Waals surface area contributed by atoms with E-state index in [1.165, 1.54) is 20.3 Å². The molecule has 1 saturated carbocycles. The van der Waals surface area contributed by atoms with Gasteiger partial charge in [-0.15, -0.1) is 0 Å². The molecule has 0 aliphatic heterocycles. The molecule has 136 valence electrons. The second-order valence-electron chi connectivity index (χ2n) is 5.99. The molecule has 1 fully saturated rings. The van der Waals surface area contributed by atoms with E-state index >= 15 is 0 Å². The van der Waals surface area contributed by atoms with Gasteiger partial charge in [-0.05, 0) is 49.2 Å². The van der Waals surface area contributed by atoms with Crippen LogP contribution in [0.25, 0.3) is 0 Å². The van der Waals surface area contributed by atoms with Crippen LogP contribution < -0.4 is 20.1 Å². The third-order valence-electron chi connectivity index (χ3n) is 4.05. The lowest BCUT2D eigenvalue weighted by Crippen LogP contribution is -2.14. The second-order valence-corrected chi connectivity index (χ2v) is 6.40. The Morgan fingerprint density at radius 2 is 1.62 bits per heavy atom. The fourth-order valence-electron chi connectivity index (χ4n) is 2.48. The number of carbonyl (C=O) groups is 2. The number of amides is 2. The molecule has 0 aromatic heterocycles. The molecule has 0 heterocycles. The number of methoxy groups -OCH3 is 2. The summed E-state index contributed by atoms with van der Waals surface area (Å²) in [6.45, 7) is 0. The monoisotopic (exact) mass is 374 g/mol. The Hall–Kier alpha value is -2.73. The van der Waals surface area contributed by atoms with Gasteiger partial charge in [0.15, 0.2) is 11.5 Å². The molecule has 0 unspecified atom stereocenters. The summed E-state index contributed by atoms with van der Waals surface area (Å²) in [5.74, 6) is 0.610. The van der Waals surface area contributed by atoms with Gasteiger partial charge in [-0.25, -0.2) is 0 Å². The number of rotatable bonds is 6. The average Bonchev–Trinajstić information content (AvgIpc) is 3.47. The number of nitrogens with one attached hydrogen (secondary N) is 2. The van der Waals surface area contributed by atoms with Crippen molar-refractivity contribution in [2.75, 3.05) is 24.9 Å². The van der Waals surface area contributed by atoms with E-state index in [1.54, 1.807) is 30.3 Å². The summed E-state index contributed by atoms with van der Waals surface area (Å²) in [5.41, 5.74) is 1.65. The first-order valence-electron chi connectivity index (χ1n) is 8.15. The van der Waals surface area contributed by atoms with Gasteiger partial charge in [0.2, 0.25) is 5.91 Å². The summed E-state index contributed by atoms with van der Waals surface area (Å²) in [4.78, 5) is 24.2. The highest BCUT2D eigenvalue weighted by atomic mass is 35.5. The Morgan fingerprint density at radius 3 is 2.15 bits per heavy atom. The van der Waals surface area contributed by atoms with Gasteiger partial charge >= 0.3 is 0 Å². The highest BCUT2D eigenvalue weighted by Crippen LogP contribution is 2.36. The minimum Gasteiger partial charge on any atom is -0.493 e. The molecule has 2 amide bonds. The highest BCUT2D eigenvalue weighted by molar-refractivity contribution is 6.32. The van der Waals surface area contributed by atoms with Crippen molar-refractivity contribution < 1.29 is 19.1 Å². The van der Waals surface area contributed by atoms with Crippen molar-refractivity contribution in [1.29, 1.82) is 0 Å². The van der Waals surface area contributed by atoms with Gasteiger partial charge in [0.1, 0.15) is 0 Å². The zero-order valence-electron chi connectivity index (χ0n) is 14.5. The highest BCUT2D eigenvalue weighted by Gasteiger charge is 2.29. The van der Waals surface area contributed by atoms with E-state index in [0.29, 0.717) is 28.4 Å². The third-order valence-corrected chi connectivity index (χ3v) is 4.33. The largest absolute Gasteiger partial charge is 0.493 e. The third kappa shape index (κ3) is 4.08. The normalized spacial score (nSPS) is 13.0. The standard InChI is InChI=1S/C19H19ClN2O4/c1-25-16-10-12(9-15(20)17(16)26-2)19(24)22-14-7-5-13(6-8-14)21-18(23)11-3-4-11/h5-11H,3-4H2,1-2H3,(H,21,23)(H,22,24). The molecule has 0 spiro atoms. The van der Waals surface area contributed by atoms with Crippen molar-refractivity contribution in [2.24, 2.45) is 5.92 Å². The minimum absolute atomic E-state index is 0.0433. The van der Waals surface area contributed by atoms with Crippen LogP contribution in [0.3, 0.4) is 0 Å². The number of hydrogen-bond donors (Lipinski definition) is 2. The number of ether oxygens (including phenoxy) is 2. The van der Waals surface area contributed by atoms with E-state index in [4.69, 9.17) is 21.1 Å². The number of benzene rings is 2. The molecule has 2 aromatic carbocycles. The Balaban J connectivity index is 1.69. The van der Waals surface area contributed by atoms with Crippen LogP contribution in [0.15, 0.2) is 36.4 Å². The van der Waals surface area contributed by atoms with Crippen LogP contribution in [0, 0.1) is 5.92 Å². The summed E-state index contributed by atoms with van der Waals surface area (Å²) >= 11 is 6.14. The molecule has 0 atom stereocenters. The number of halogens is 1. The fraction of sp³-hybridized carbons (Fsp3) is 0.263. The molecule has 7 heteroatoms. The van der Waals surface area contributed by atoms with Gasteiger partial charge in [-0.2, -0.15) is 0 Å². The van der Waals surface area contributed by atoms with Gasteiger partial charge in [-0.1, -0.05) is 11.6 Å². The predicted molar refractivity (Wildman–Crippen MR) is 100 cm³/mol. The van der Waals surface area contributed by atoms with Crippen LogP contribution >= 0.6 is 11.6 Å². The van der Waals surface area contributed by atoms with Gasteiger partial charge in [0.25, 0.3) is 5.91 Å². The summed E-state index contributed by atoms with van der Waals surface area (Å²) in [6.07, 6.45) is 1.90. The van der Waals surface area contributed by atoms with Crippen LogP contribution in [0.5, 0.6) is 11.5 Å². The molecule has 1 aliphatic rings. The SMILES string of the molecule is COc1cc(C(=O)Nc2ccc(NC(=O)C3CC3)cc2)cc(Cl)c1OC. The van der Waals surface area contributed by atoms with E-state index in [0.717, 1.165) is 12.8 Å². The molecule has 0 saturated heterocycles. The Morgan fingerprint density at radius 1 is 1.00 bits per heavy atom. The van der Waals surface area contributed by atoms with Gasteiger partial charge in [-0.3, -0.25) is 9.59 Å². The first kappa shape index (κ1) is 18.1. The number of anilines is 2. The molecule has 3 rings (SSSR count). The van der Waals surface area contributed by atoms with Crippen molar-refractivity contribution in [3.05, 3.63) is 47.0 Å². The average molecular weight is 375 g/mol. The smallest absolute Gasteiger partial charge is 0.255 e. The second kappa shape index (κ2) is 7.66. The van der Waals surface area contributed by atoms with Crippen molar-refractivity contribution in [3.8, 4) is 11.5 Å². The topological polar surface area (TPSA) is 76.7 Å². The van der Waals surface area contributed by atoms with E-state index < -0.39 is 0 Å². The summed E-state index contributed by atoms with van der Waals surface area (Å²) in [6, 6.07) is 10.0. The molecule has 26 heavy (non-hydrogen) atoms. The van der Waals surface area contributed by atoms with Crippen LogP contribution in [0.1, 0.15) is 23.2 Å². The van der Waals surface area contributed by atoms with Gasteiger partial charge in [0.05, 0.1) is 19.2 Å². The molecule has 0 radical (unpaired) electrons. The molecule has 1 aliphatic carbocycles. The van der Waals surface area contributed by atoms with Gasteiger partial charge < -0.3 is 20.1 Å². The van der Waals surface area contributed by atoms with E-state index in [1.807, 2.05) is 0 Å². The molecule has 6 nitrogen and oxygen atoms in total. The van der Waals surface area contributed by atoms with Crippen LogP contribution in [0.2, 0.25) is 5.02 Å². The number of hydrogen-bond acceptors (Lipinski definition) is 4. The van der Waals surface area contributed by atoms with E-state index in [-0.39, 0.29) is 22.8 Å². The van der Waals surface area contributed by atoms with Crippen LogP contribution in [-0.2, 0) is 4.79 Å². The maximum absolute atomic E-state index is 12.5. The lowest BCUT2D eigenvalue weighted by Gasteiger charge is -2.12. The summed E-state index contributed by atoms with van der Waals surface area (Å²) < 4.78 is 10.4. The predicted octanol–water partition coefficient (Wildman–Crippen LogP) is 3.96. The maximum atomic E-state index is 12.5. The molecule has 0 bridgehead atoms. The Bertz CT molecular complexity index is 832. The quantitative estimate of drug-likeness (QED) is 0.802.